The van der Waals surface area contributed by atoms with Crippen molar-refractivity contribution in [2.75, 3.05) is 32.7 Å². The van der Waals surface area contributed by atoms with E-state index in [4.69, 9.17) is 0 Å². The van der Waals surface area contributed by atoms with Crippen LogP contribution in [0.1, 0.15) is 46.0 Å². The zero-order valence-electron chi connectivity index (χ0n) is 19.3. The van der Waals surface area contributed by atoms with E-state index in [1.807, 2.05) is 18.3 Å². The molecule has 0 aliphatic carbocycles. The third kappa shape index (κ3) is 4.87. The Balaban J connectivity index is 1.29. The first kappa shape index (κ1) is 23.3. The second kappa shape index (κ2) is 9.93. The lowest BCUT2D eigenvalue weighted by atomic mass is 9.97. The molecule has 3 heterocycles. The van der Waals surface area contributed by atoms with Crippen LogP contribution in [0.5, 0.6) is 0 Å². The number of fused-ring (bicyclic) bond motifs is 1. The molecule has 8 heteroatoms. The van der Waals surface area contributed by atoms with Crippen LogP contribution in [-0.2, 0) is 21.4 Å². The van der Waals surface area contributed by atoms with Crippen LogP contribution in [0.4, 0.5) is 0 Å². The summed E-state index contributed by atoms with van der Waals surface area (Å²) in [4.78, 5) is 15.4. The minimum absolute atomic E-state index is 0.0676. The van der Waals surface area contributed by atoms with Crippen molar-refractivity contribution in [2.24, 2.45) is 5.92 Å². The molecule has 1 N–H and O–H groups in total. The van der Waals surface area contributed by atoms with E-state index in [1.54, 1.807) is 12.1 Å². The second-order valence-electron chi connectivity index (χ2n) is 9.17. The zero-order valence-corrected chi connectivity index (χ0v) is 20.1. The molecule has 7 nitrogen and oxygen atoms in total. The Kier molecular flexibility index (Phi) is 7.22. The van der Waals surface area contributed by atoms with Crippen molar-refractivity contribution in [3.8, 4) is 0 Å². The number of nitrogens with zero attached hydrogens (tertiary/aromatic N) is 3. The molecule has 0 spiro atoms. The maximum absolute atomic E-state index is 13.2. The topological polar surface area (TPSA) is 74.6 Å². The Labute approximate surface area is 191 Å². The van der Waals surface area contributed by atoms with Crippen molar-refractivity contribution >= 4 is 26.8 Å². The molecule has 1 amide bonds. The molecule has 2 aromatic rings. The molecule has 2 saturated heterocycles. The van der Waals surface area contributed by atoms with E-state index >= 15 is 0 Å². The number of aryl methyl sites for hydroxylation is 1. The SMILES string of the molecule is CCn1ccc2cc(S(=O)(=O)N3CCC(C(=O)NCC[C@H](C)N4CCCC4)CC3)ccc21. The maximum Gasteiger partial charge on any atom is 0.243 e. The monoisotopic (exact) mass is 460 g/mol. The summed E-state index contributed by atoms with van der Waals surface area (Å²) in [7, 11) is -3.55. The van der Waals surface area contributed by atoms with E-state index in [2.05, 4.69) is 28.6 Å². The smallest absolute Gasteiger partial charge is 0.243 e. The van der Waals surface area contributed by atoms with E-state index in [0.717, 1.165) is 23.9 Å². The van der Waals surface area contributed by atoms with Crippen molar-refractivity contribution in [2.45, 2.75) is 63.4 Å². The first-order chi connectivity index (χ1) is 15.4. The Bertz CT molecular complexity index is 1030. The van der Waals surface area contributed by atoms with E-state index in [-0.39, 0.29) is 11.8 Å². The lowest BCUT2D eigenvalue weighted by molar-refractivity contribution is -0.126. The van der Waals surface area contributed by atoms with Crippen molar-refractivity contribution in [1.29, 1.82) is 0 Å². The molecule has 2 aliphatic heterocycles. The van der Waals surface area contributed by atoms with E-state index < -0.39 is 10.0 Å². The number of piperidine rings is 1. The van der Waals surface area contributed by atoms with Gasteiger partial charge in [-0.1, -0.05) is 0 Å². The van der Waals surface area contributed by atoms with Gasteiger partial charge in [-0.2, -0.15) is 4.31 Å². The van der Waals surface area contributed by atoms with E-state index in [9.17, 15) is 13.2 Å². The summed E-state index contributed by atoms with van der Waals surface area (Å²) in [6.07, 6.45) is 6.63. The minimum atomic E-state index is -3.55. The first-order valence-electron chi connectivity index (χ1n) is 12.0. The highest BCUT2D eigenvalue weighted by atomic mass is 32.2. The van der Waals surface area contributed by atoms with Crippen LogP contribution in [0.3, 0.4) is 0 Å². The molecular weight excluding hydrogens is 424 g/mol. The third-order valence-electron chi connectivity index (χ3n) is 7.17. The van der Waals surface area contributed by atoms with Gasteiger partial charge >= 0.3 is 0 Å². The number of rotatable bonds is 8. The summed E-state index contributed by atoms with van der Waals surface area (Å²) in [6, 6.07) is 7.80. The predicted molar refractivity (Wildman–Crippen MR) is 127 cm³/mol. The largest absolute Gasteiger partial charge is 0.356 e. The van der Waals surface area contributed by atoms with Crippen LogP contribution in [0, 0.1) is 5.92 Å². The lowest BCUT2D eigenvalue weighted by Gasteiger charge is -2.31. The van der Waals surface area contributed by atoms with Gasteiger partial charge in [0.2, 0.25) is 15.9 Å². The molecule has 1 atom stereocenters. The van der Waals surface area contributed by atoms with Crippen LogP contribution in [0.2, 0.25) is 0 Å². The summed E-state index contributed by atoms with van der Waals surface area (Å²) >= 11 is 0. The van der Waals surface area contributed by atoms with Gasteiger partial charge in [0.25, 0.3) is 0 Å². The van der Waals surface area contributed by atoms with Crippen molar-refractivity contribution < 1.29 is 13.2 Å². The van der Waals surface area contributed by atoms with Gasteiger partial charge in [-0.25, -0.2) is 8.42 Å². The van der Waals surface area contributed by atoms with Gasteiger partial charge in [-0.15, -0.1) is 0 Å². The number of amides is 1. The van der Waals surface area contributed by atoms with Crippen LogP contribution in [0.25, 0.3) is 10.9 Å². The lowest BCUT2D eigenvalue weighted by Crippen LogP contribution is -2.43. The fourth-order valence-electron chi connectivity index (χ4n) is 5.04. The van der Waals surface area contributed by atoms with Crippen molar-refractivity contribution in [1.82, 2.24) is 19.1 Å². The third-order valence-corrected chi connectivity index (χ3v) is 9.07. The van der Waals surface area contributed by atoms with E-state index in [0.29, 0.717) is 43.4 Å². The fraction of sp³-hybridized carbons (Fsp3) is 0.625. The molecule has 2 aliphatic rings. The number of nitrogens with one attached hydrogen (secondary N) is 1. The van der Waals surface area contributed by atoms with Crippen molar-refractivity contribution in [3.05, 3.63) is 30.5 Å². The van der Waals surface area contributed by atoms with Crippen LogP contribution in [-0.4, -0.2) is 66.9 Å². The molecule has 0 unspecified atom stereocenters. The summed E-state index contributed by atoms with van der Waals surface area (Å²) in [5.74, 6) is -0.0393. The summed E-state index contributed by atoms with van der Waals surface area (Å²) < 4.78 is 30.0. The molecule has 0 bridgehead atoms. The summed E-state index contributed by atoms with van der Waals surface area (Å²) in [6.45, 7) is 8.94. The average Bonchev–Trinajstić information content (AvgIpc) is 3.48. The molecule has 2 fully saturated rings. The number of carbonyl (C=O) groups excluding carboxylic acids is 1. The predicted octanol–water partition coefficient (Wildman–Crippen LogP) is 3.05. The maximum atomic E-state index is 13.2. The molecule has 0 radical (unpaired) electrons. The minimum Gasteiger partial charge on any atom is -0.356 e. The highest BCUT2D eigenvalue weighted by Crippen LogP contribution is 2.27. The number of sulfonamides is 1. The summed E-state index contributed by atoms with van der Waals surface area (Å²) in [5.41, 5.74) is 1.04. The van der Waals surface area contributed by atoms with Gasteiger partial charge in [0, 0.05) is 55.2 Å². The Morgan fingerprint density at radius 2 is 1.84 bits per heavy atom. The Morgan fingerprint density at radius 1 is 1.12 bits per heavy atom. The van der Waals surface area contributed by atoms with Gasteiger partial charge in [0.1, 0.15) is 0 Å². The standard InChI is InChI=1S/C24H36N4O3S/c1-3-26-15-9-21-18-22(6-7-23(21)26)32(30,31)28-16-10-20(11-17-28)24(29)25-12-8-19(2)27-13-4-5-14-27/h6-7,9,15,18-20H,3-5,8,10-14,16-17H2,1-2H3,(H,25,29)/t19-/m0/s1. The highest BCUT2D eigenvalue weighted by Gasteiger charge is 2.32. The molecule has 1 aromatic carbocycles. The highest BCUT2D eigenvalue weighted by molar-refractivity contribution is 7.89. The van der Waals surface area contributed by atoms with Crippen molar-refractivity contribution in [3.63, 3.8) is 0 Å². The molecule has 176 valence electrons. The van der Waals surface area contributed by atoms with Crippen LogP contribution >= 0.6 is 0 Å². The molecule has 32 heavy (non-hydrogen) atoms. The second-order valence-corrected chi connectivity index (χ2v) is 11.1. The number of aromatic nitrogens is 1. The molecule has 4 rings (SSSR count). The quantitative estimate of drug-likeness (QED) is 0.657. The Hall–Kier alpha value is -1.90. The zero-order chi connectivity index (χ0) is 22.7. The van der Waals surface area contributed by atoms with E-state index in [1.165, 1.54) is 30.2 Å². The number of likely N-dealkylation sites (tertiary alicyclic amines) is 1. The van der Waals surface area contributed by atoms with Crippen LogP contribution in [0.15, 0.2) is 35.4 Å². The first-order valence-corrected chi connectivity index (χ1v) is 13.4. The Morgan fingerprint density at radius 3 is 2.53 bits per heavy atom. The number of benzene rings is 1. The summed E-state index contributed by atoms with van der Waals surface area (Å²) in [5, 5.41) is 4.02. The van der Waals surface area contributed by atoms with Gasteiger partial charge in [-0.3, -0.25) is 4.79 Å². The number of hydrogen-bond acceptors (Lipinski definition) is 4. The van der Waals surface area contributed by atoms with Gasteiger partial charge in [-0.05, 0) is 83.3 Å². The fourth-order valence-corrected chi connectivity index (χ4v) is 6.54. The number of hydrogen-bond donors (Lipinski definition) is 1. The average molecular weight is 461 g/mol. The number of carbonyl (C=O) groups is 1. The van der Waals surface area contributed by atoms with Gasteiger partial charge < -0.3 is 14.8 Å². The normalized spacial score (nSPS) is 20.1. The molecule has 0 saturated carbocycles. The van der Waals surface area contributed by atoms with Crippen LogP contribution < -0.4 is 5.32 Å². The van der Waals surface area contributed by atoms with Gasteiger partial charge in [0.15, 0.2) is 0 Å². The molecular formula is C24H36N4O3S. The van der Waals surface area contributed by atoms with Gasteiger partial charge in [0.05, 0.1) is 4.90 Å². The molecule has 1 aromatic heterocycles.